The average Bonchev–Trinajstić information content (AvgIpc) is 3.52. The molecule has 10 aromatic carbocycles. The molecule has 3 heterocycles. The third-order valence-electron chi connectivity index (χ3n) is 15.8. The second-order valence-electron chi connectivity index (χ2n) is 23.0. The lowest BCUT2D eigenvalue weighted by Gasteiger charge is -2.20. The summed E-state index contributed by atoms with van der Waals surface area (Å²) < 4.78 is 4.70. The maximum atomic E-state index is 9.79. The van der Waals surface area contributed by atoms with Gasteiger partial charge in [0.25, 0.3) is 0 Å². The second-order valence-corrected chi connectivity index (χ2v) is 23.0. The van der Waals surface area contributed by atoms with Gasteiger partial charge in [0, 0.05) is 38.2 Å². The highest BCUT2D eigenvalue weighted by Crippen LogP contribution is 2.43. The number of benzene rings is 10. The summed E-state index contributed by atoms with van der Waals surface area (Å²) in [6.07, 6.45) is 0. The Bertz CT molecular complexity index is 4560. The normalized spacial score (nSPS) is 11.7. The number of aromatic nitrogens is 5. The largest absolute Gasteiger partial charge is 0.308 e. The Morgan fingerprint density at radius 1 is 0.366 bits per heavy atom. The smallest absolute Gasteiger partial charge is 0.187 e. The van der Waals surface area contributed by atoms with E-state index in [1.165, 1.54) is 11.1 Å². The summed E-state index contributed by atoms with van der Waals surface area (Å²) in [5, 5.41) is 14.3. The molecule has 3 aromatic heterocycles. The molecule has 0 atom stereocenters. The van der Waals surface area contributed by atoms with E-state index in [0.717, 1.165) is 105 Å². The number of hydrogen-bond donors (Lipinski definition) is 0. The molecule has 0 N–H and O–H groups in total. The molecular weight excluding hydrogens is 1000 g/mol. The van der Waals surface area contributed by atoms with Gasteiger partial charge in [-0.2, -0.15) is 5.26 Å². The number of para-hydroxylation sites is 2. The van der Waals surface area contributed by atoms with E-state index in [1.54, 1.807) is 0 Å². The van der Waals surface area contributed by atoms with E-state index >= 15 is 0 Å². The Hall–Kier alpha value is -10.7. The minimum atomic E-state index is -0.0777. The number of rotatable bonds is 8. The molecule has 0 saturated carbocycles. The van der Waals surface area contributed by atoms with Gasteiger partial charge >= 0.3 is 0 Å². The maximum absolute atomic E-state index is 9.79. The van der Waals surface area contributed by atoms with Crippen LogP contribution in [-0.4, -0.2) is 24.1 Å². The van der Waals surface area contributed by atoms with Crippen LogP contribution in [0.3, 0.4) is 0 Å². The molecule has 0 unspecified atom stereocenters. The van der Waals surface area contributed by atoms with Gasteiger partial charge in [-0.15, -0.1) is 0 Å². The molecule has 82 heavy (non-hydrogen) atoms. The van der Waals surface area contributed by atoms with Gasteiger partial charge in [-0.1, -0.05) is 187 Å². The number of fused-ring (bicyclic) bond motifs is 6. The molecule has 0 saturated heterocycles. The third-order valence-corrected chi connectivity index (χ3v) is 15.8. The Labute approximate surface area is 477 Å². The first kappa shape index (κ1) is 50.8. The summed E-state index contributed by atoms with van der Waals surface area (Å²) in [5.41, 5.74) is 18.3. The van der Waals surface area contributed by atoms with Crippen molar-refractivity contribution in [3.05, 3.63) is 258 Å². The highest BCUT2D eigenvalue weighted by molar-refractivity contribution is 6.11. The fourth-order valence-electron chi connectivity index (χ4n) is 11.3. The summed E-state index contributed by atoms with van der Waals surface area (Å²) in [4.78, 5) is 23.9. The van der Waals surface area contributed by atoms with E-state index in [9.17, 15) is 5.26 Å². The fraction of sp³-hybridized carbons (Fsp3) is 0.108. The first-order chi connectivity index (χ1) is 39.7. The number of nitrogens with zero attached hydrogens (tertiary/aromatic N) is 8. The first-order valence-corrected chi connectivity index (χ1v) is 27.4. The van der Waals surface area contributed by atoms with Gasteiger partial charge in [-0.3, -0.25) is 0 Å². The van der Waals surface area contributed by atoms with Crippen molar-refractivity contribution in [3.8, 4) is 85.0 Å². The van der Waals surface area contributed by atoms with Crippen molar-refractivity contribution in [1.29, 1.82) is 5.26 Å². The molecule has 8 heteroatoms. The first-order valence-electron chi connectivity index (χ1n) is 27.4. The molecule has 0 aliphatic carbocycles. The number of nitriles is 1. The molecule has 0 aliphatic heterocycles. The zero-order valence-corrected chi connectivity index (χ0v) is 46.4. The van der Waals surface area contributed by atoms with Crippen molar-refractivity contribution in [3.63, 3.8) is 0 Å². The lowest BCUT2D eigenvalue weighted by atomic mass is 9.86. The van der Waals surface area contributed by atoms with E-state index in [-0.39, 0.29) is 10.8 Å². The number of hydrogen-bond acceptors (Lipinski definition) is 4. The van der Waals surface area contributed by atoms with E-state index in [2.05, 4.69) is 212 Å². The summed E-state index contributed by atoms with van der Waals surface area (Å²) in [6, 6.07) is 77.5. The van der Waals surface area contributed by atoms with Crippen molar-refractivity contribution in [2.45, 2.75) is 52.4 Å². The van der Waals surface area contributed by atoms with Crippen LogP contribution in [0.15, 0.2) is 218 Å². The van der Waals surface area contributed by atoms with Crippen molar-refractivity contribution < 1.29 is 0 Å². The predicted molar refractivity (Wildman–Crippen MR) is 336 cm³/mol. The summed E-state index contributed by atoms with van der Waals surface area (Å²) >= 11 is 0. The van der Waals surface area contributed by atoms with Crippen molar-refractivity contribution in [1.82, 2.24) is 24.1 Å². The predicted octanol–water partition coefficient (Wildman–Crippen LogP) is 19.6. The topological polar surface area (TPSA) is 81.0 Å². The molecule has 0 fully saturated rings. The quantitative estimate of drug-likeness (QED) is 0.142. The zero-order chi connectivity index (χ0) is 56.4. The fourth-order valence-corrected chi connectivity index (χ4v) is 11.3. The molecular formula is C74H54N8. The van der Waals surface area contributed by atoms with Crippen LogP contribution in [0, 0.1) is 24.5 Å². The van der Waals surface area contributed by atoms with Gasteiger partial charge < -0.3 is 9.13 Å². The van der Waals surface area contributed by atoms with Gasteiger partial charge in [0.15, 0.2) is 28.8 Å². The highest BCUT2D eigenvalue weighted by atomic mass is 15.1. The molecule has 0 radical (unpaired) electrons. The van der Waals surface area contributed by atoms with Crippen LogP contribution in [-0.2, 0) is 10.8 Å². The molecule has 0 bridgehead atoms. The van der Waals surface area contributed by atoms with Crippen LogP contribution in [0.1, 0.15) is 58.2 Å². The summed E-state index contributed by atoms with van der Waals surface area (Å²) in [7, 11) is 0. The zero-order valence-electron chi connectivity index (χ0n) is 46.4. The van der Waals surface area contributed by atoms with Crippen LogP contribution in [0.4, 0.5) is 11.4 Å². The monoisotopic (exact) mass is 1050 g/mol. The van der Waals surface area contributed by atoms with E-state index in [1.807, 2.05) is 72.8 Å². The van der Waals surface area contributed by atoms with Gasteiger partial charge in [-0.25, -0.2) is 24.6 Å². The van der Waals surface area contributed by atoms with Crippen LogP contribution < -0.4 is 0 Å². The standard InChI is InChI=1S/C74H54N8/c1-73(2,3)54-31-39-66-62(43-54)58-13-9-11-15-64(58)81(66)68-41-52(49-19-17-46(45-75)18-20-49)29-37-60(68)71-78-70(51-23-21-47(22-24-51)48-25-33-56(76-7)34-26-48)79-72(80-71)61-38-30-53(50-27-35-57(77-8)36-28-50)42-69(61)82-65-16-12-10-14-59(65)63-44-55(74(4,5)6)32-40-67(63)82/h9-44H,1-6H3. The molecule has 13 rings (SSSR count). The minimum absolute atomic E-state index is 0.0768. The van der Waals surface area contributed by atoms with E-state index in [4.69, 9.17) is 28.1 Å². The maximum Gasteiger partial charge on any atom is 0.187 e. The molecule has 8 nitrogen and oxygen atoms in total. The Kier molecular flexibility index (Phi) is 12.3. The van der Waals surface area contributed by atoms with Gasteiger partial charge in [0.2, 0.25) is 0 Å². The molecule has 0 aliphatic rings. The van der Waals surface area contributed by atoms with Crippen LogP contribution >= 0.6 is 0 Å². The minimum Gasteiger partial charge on any atom is -0.308 e. The average molecular weight is 1060 g/mol. The van der Waals surface area contributed by atoms with E-state index < -0.39 is 0 Å². The van der Waals surface area contributed by atoms with Gasteiger partial charge in [0.05, 0.1) is 58.2 Å². The molecule has 0 spiro atoms. The summed E-state index contributed by atoms with van der Waals surface area (Å²) in [6.45, 7) is 28.7. The Balaban J connectivity index is 1.10. The highest BCUT2D eigenvalue weighted by Gasteiger charge is 2.25. The van der Waals surface area contributed by atoms with E-state index in [0.29, 0.717) is 34.4 Å². The lowest BCUT2D eigenvalue weighted by Crippen LogP contribution is -2.10. The van der Waals surface area contributed by atoms with Crippen LogP contribution in [0.25, 0.3) is 132 Å². The van der Waals surface area contributed by atoms with Gasteiger partial charge in [0.1, 0.15) is 0 Å². The third kappa shape index (κ3) is 9.02. The molecule has 13 aromatic rings. The van der Waals surface area contributed by atoms with Crippen LogP contribution in [0.2, 0.25) is 0 Å². The molecule has 390 valence electrons. The van der Waals surface area contributed by atoms with Crippen LogP contribution in [0.5, 0.6) is 0 Å². The SMILES string of the molecule is [C-]#[N+]c1ccc(-c2ccc(-c3nc(-c4ccc(-c5ccc(C#N)cc5)cc4-n4c5ccccc5c5cc(C(C)(C)C)ccc54)nc(-c4ccc(-c5ccc([N+]#[C-])cc5)cc4-n4c5ccccc5c5cc(C(C)(C)C)ccc54)n3)cc2)cc1. The Morgan fingerprint density at radius 3 is 1.13 bits per heavy atom. The van der Waals surface area contributed by atoms with Crippen molar-refractivity contribution >= 4 is 55.0 Å². The van der Waals surface area contributed by atoms with Crippen molar-refractivity contribution in [2.24, 2.45) is 0 Å². The molecule has 0 amide bonds. The Morgan fingerprint density at radius 2 is 0.720 bits per heavy atom. The lowest BCUT2D eigenvalue weighted by molar-refractivity contribution is 0.591. The van der Waals surface area contributed by atoms with Gasteiger partial charge in [-0.05, 0) is 128 Å². The second kappa shape index (κ2) is 19.9. The summed E-state index contributed by atoms with van der Waals surface area (Å²) in [5.74, 6) is 1.47. The van der Waals surface area contributed by atoms with Crippen molar-refractivity contribution in [2.75, 3.05) is 0 Å².